The predicted molar refractivity (Wildman–Crippen MR) is 111 cm³/mol. The summed E-state index contributed by atoms with van der Waals surface area (Å²) in [4.78, 5) is 29.4. The second kappa shape index (κ2) is 7.70. The Morgan fingerprint density at radius 3 is 2.33 bits per heavy atom. The van der Waals surface area contributed by atoms with Crippen molar-refractivity contribution in [3.63, 3.8) is 0 Å². The fourth-order valence-electron chi connectivity index (χ4n) is 3.11. The zero-order chi connectivity index (χ0) is 21.3. The molecule has 3 aromatic heterocycles. The van der Waals surface area contributed by atoms with Crippen LogP contribution in [-0.4, -0.2) is 30.5 Å². The summed E-state index contributed by atoms with van der Waals surface area (Å²) >= 11 is 0. The molecule has 9 nitrogen and oxygen atoms in total. The molecule has 0 saturated carbocycles. The number of benzene rings is 1. The number of hydrogen-bond acceptors (Lipinski definition) is 6. The standard InChI is InChI=1S/C21H19N7O2/c1-13-18(15(3)27(25-13)20(29)16-9-11-22-12-10-16)23-24-19-14(2)26-28(21(19)30)17-7-5-4-6-8-17/h4-12,26H,1-3H3. The van der Waals surface area contributed by atoms with Gasteiger partial charge in [-0.25, -0.2) is 4.68 Å². The van der Waals surface area contributed by atoms with E-state index in [0.717, 1.165) is 0 Å². The third kappa shape index (κ3) is 3.37. The number of hydrogen-bond donors (Lipinski definition) is 1. The topological polar surface area (TPSA) is 110 Å². The van der Waals surface area contributed by atoms with Gasteiger partial charge in [0.05, 0.1) is 22.8 Å². The quantitative estimate of drug-likeness (QED) is 0.525. The summed E-state index contributed by atoms with van der Waals surface area (Å²) in [6, 6.07) is 12.5. The molecule has 30 heavy (non-hydrogen) atoms. The normalized spacial score (nSPS) is 11.3. The highest BCUT2D eigenvalue weighted by molar-refractivity contribution is 5.96. The Balaban J connectivity index is 1.69. The van der Waals surface area contributed by atoms with E-state index in [2.05, 4.69) is 25.4 Å². The van der Waals surface area contributed by atoms with Crippen molar-refractivity contribution in [2.24, 2.45) is 10.2 Å². The van der Waals surface area contributed by atoms with Gasteiger partial charge in [0.15, 0.2) is 5.69 Å². The molecule has 0 aliphatic carbocycles. The lowest BCUT2D eigenvalue weighted by Crippen LogP contribution is -2.15. The molecule has 0 aliphatic rings. The van der Waals surface area contributed by atoms with Gasteiger partial charge in [-0.05, 0) is 45.0 Å². The van der Waals surface area contributed by atoms with Crippen LogP contribution in [0.15, 0.2) is 69.9 Å². The molecule has 1 aromatic carbocycles. The smallest absolute Gasteiger partial charge is 0.293 e. The largest absolute Gasteiger partial charge is 0.299 e. The van der Waals surface area contributed by atoms with Crippen molar-refractivity contribution in [3.05, 3.63) is 87.9 Å². The van der Waals surface area contributed by atoms with Crippen LogP contribution < -0.4 is 5.56 Å². The number of carbonyl (C=O) groups is 1. The Morgan fingerprint density at radius 1 is 0.967 bits per heavy atom. The Morgan fingerprint density at radius 2 is 1.63 bits per heavy atom. The summed E-state index contributed by atoms with van der Waals surface area (Å²) < 4.78 is 2.70. The molecule has 0 unspecified atom stereocenters. The highest BCUT2D eigenvalue weighted by Gasteiger charge is 2.19. The van der Waals surface area contributed by atoms with Gasteiger partial charge in [-0.1, -0.05) is 18.2 Å². The van der Waals surface area contributed by atoms with Crippen LogP contribution in [0.4, 0.5) is 11.4 Å². The van der Waals surface area contributed by atoms with Crippen LogP contribution in [0.2, 0.25) is 0 Å². The van der Waals surface area contributed by atoms with Crippen molar-refractivity contribution >= 4 is 17.3 Å². The molecule has 0 spiro atoms. The molecule has 0 bridgehead atoms. The van der Waals surface area contributed by atoms with Crippen LogP contribution in [0.1, 0.15) is 27.4 Å². The number of aromatic nitrogens is 5. The molecule has 9 heteroatoms. The van der Waals surface area contributed by atoms with Gasteiger partial charge in [-0.2, -0.15) is 9.78 Å². The summed E-state index contributed by atoms with van der Waals surface area (Å²) in [5.41, 5.74) is 3.17. The van der Waals surface area contributed by atoms with Crippen LogP contribution in [0.5, 0.6) is 0 Å². The van der Waals surface area contributed by atoms with Crippen LogP contribution in [0, 0.1) is 20.8 Å². The molecule has 4 aromatic rings. The van der Waals surface area contributed by atoms with Crippen LogP contribution in [0.25, 0.3) is 5.69 Å². The molecule has 3 heterocycles. The molecule has 1 N–H and O–H groups in total. The number of aromatic amines is 1. The number of H-pyrrole nitrogens is 1. The SMILES string of the molecule is Cc1nn(C(=O)c2ccncc2)c(C)c1N=Nc1c(C)[nH]n(-c2ccccc2)c1=O. The highest BCUT2D eigenvalue weighted by atomic mass is 16.2. The Kier molecular flexibility index (Phi) is 4.93. The van der Waals surface area contributed by atoms with Gasteiger partial charge < -0.3 is 0 Å². The number of carbonyl (C=O) groups excluding carboxylic acids is 1. The van der Waals surface area contributed by atoms with Crippen molar-refractivity contribution in [3.8, 4) is 5.69 Å². The minimum atomic E-state index is -0.307. The van der Waals surface area contributed by atoms with Gasteiger partial charge >= 0.3 is 0 Å². The Hall–Kier alpha value is -4.14. The van der Waals surface area contributed by atoms with E-state index < -0.39 is 0 Å². The summed E-state index contributed by atoms with van der Waals surface area (Å²) in [5, 5.41) is 15.7. The van der Waals surface area contributed by atoms with Gasteiger partial charge in [0.25, 0.3) is 11.5 Å². The fraction of sp³-hybridized carbons (Fsp3) is 0.143. The van der Waals surface area contributed by atoms with Gasteiger partial charge in [0, 0.05) is 18.0 Å². The van der Waals surface area contributed by atoms with Crippen molar-refractivity contribution in [2.75, 3.05) is 0 Å². The Labute approximate surface area is 171 Å². The second-order valence-electron chi connectivity index (χ2n) is 6.73. The van der Waals surface area contributed by atoms with E-state index in [1.165, 1.54) is 9.36 Å². The zero-order valence-electron chi connectivity index (χ0n) is 16.7. The maximum atomic E-state index is 12.8. The number of aryl methyl sites for hydroxylation is 2. The summed E-state index contributed by atoms with van der Waals surface area (Å²) in [5.74, 6) is -0.288. The number of pyridine rings is 1. The summed E-state index contributed by atoms with van der Waals surface area (Å²) in [7, 11) is 0. The van der Waals surface area contributed by atoms with E-state index in [0.29, 0.717) is 34.0 Å². The van der Waals surface area contributed by atoms with Crippen LogP contribution in [0.3, 0.4) is 0 Å². The van der Waals surface area contributed by atoms with Gasteiger partial charge in [0.2, 0.25) is 0 Å². The van der Waals surface area contributed by atoms with E-state index >= 15 is 0 Å². The molecule has 0 saturated heterocycles. The molecule has 0 radical (unpaired) electrons. The van der Waals surface area contributed by atoms with Gasteiger partial charge in [-0.15, -0.1) is 10.2 Å². The van der Waals surface area contributed by atoms with Crippen molar-refractivity contribution < 1.29 is 4.79 Å². The zero-order valence-corrected chi connectivity index (χ0v) is 16.7. The monoisotopic (exact) mass is 401 g/mol. The molecule has 150 valence electrons. The maximum Gasteiger partial charge on any atom is 0.299 e. The average molecular weight is 401 g/mol. The number of nitrogens with one attached hydrogen (secondary N) is 1. The number of nitrogens with zero attached hydrogens (tertiary/aromatic N) is 6. The molecular formula is C21H19N7O2. The van der Waals surface area contributed by atoms with E-state index in [-0.39, 0.29) is 17.2 Å². The van der Waals surface area contributed by atoms with E-state index in [1.54, 1.807) is 45.3 Å². The first-order valence-corrected chi connectivity index (χ1v) is 9.27. The van der Waals surface area contributed by atoms with E-state index in [9.17, 15) is 9.59 Å². The lowest BCUT2D eigenvalue weighted by molar-refractivity contribution is 0.0942. The minimum absolute atomic E-state index is 0.200. The molecule has 0 atom stereocenters. The number of para-hydroxylation sites is 1. The maximum absolute atomic E-state index is 12.8. The molecule has 0 fully saturated rings. The Bertz CT molecular complexity index is 1300. The first-order valence-electron chi connectivity index (χ1n) is 9.27. The lowest BCUT2D eigenvalue weighted by atomic mass is 10.2. The first kappa shape index (κ1) is 19.2. The van der Waals surface area contributed by atoms with Crippen LogP contribution >= 0.6 is 0 Å². The van der Waals surface area contributed by atoms with Gasteiger partial charge in [0.1, 0.15) is 5.69 Å². The fourth-order valence-corrected chi connectivity index (χ4v) is 3.11. The molecule has 0 aliphatic heterocycles. The van der Waals surface area contributed by atoms with E-state index in [1.807, 2.05) is 30.3 Å². The highest BCUT2D eigenvalue weighted by Crippen LogP contribution is 2.26. The van der Waals surface area contributed by atoms with Crippen molar-refractivity contribution in [1.29, 1.82) is 0 Å². The first-order chi connectivity index (χ1) is 14.5. The molecule has 0 amide bonds. The average Bonchev–Trinajstić information content (AvgIpc) is 3.22. The summed E-state index contributed by atoms with van der Waals surface area (Å²) in [6.07, 6.45) is 3.10. The minimum Gasteiger partial charge on any atom is -0.293 e. The number of azo groups is 1. The third-order valence-corrected chi connectivity index (χ3v) is 4.68. The van der Waals surface area contributed by atoms with Crippen molar-refractivity contribution in [2.45, 2.75) is 20.8 Å². The van der Waals surface area contributed by atoms with Crippen LogP contribution in [-0.2, 0) is 0 Å². The van der Waals surface area contributed by atoms with Gasteiger partial charge in [-0.3, -0.25) is 19.7 Å². The molecular weight excluding hydrogens is 382 g/mol. The predicted octanol–water partition coefficient (Wildman–Crippen LogP) is 3.79. The number of rotatable bonds is 4. The van der Waals surface area contributed by atoms with E-state index in [4.69, 9.17) is 0 Å². The lowest BCUT2D eigenvalue weighted by Gasteiger charge is -2.02. The van der Waals surface area contributed by atoms with Crippen molar-refractivity contribution in [1.82, 2.24) is 24.5 Å². The summed E-state index contributed by atoms with van der Waals surface area (Å²) in [6.45, 7) is 5.23. The molecule has 4 rings (SSSR count). The third-order valence-electron chi connectivity index (χ3n) is 4.68. The second-order valence-corrected chi connectivity index (χ2v) is 6.73.